The topological polar surface area (TPSA) is 104 Å². The largest absolute Gasteiger partial charge is 0.496 e. The molecular formula is C15H15N5O3. The molecule has 2 amide bonds. The molecule has 3 N–H and O–H groups in total. The van der Waals surface area contributed by atoms with Crippen LogP contribution in [0, 0.1) is 0 Å². The van der Waals surface area contributed by atoms with Gasteiger partial charge >= 0.3 is 6.03 Å². The van der Waals surface area contributed by atoms with Crippen LogP contribution >= 0.6 is 0 Å². The normalized spacial score (nSPS) is 10.5. The molecule has 0 aliphatic carbocycles. The first-order chi connectivity index (χ1) is 11.1. The number of amides is 2. The summed E-state index contributed by atoms with van der Waals surface area (Å²) < 4.78 is 12.4. The lowest BCUT2D eigenvalue weighted by molar-refractivity contribution is 0.259. The number of aromatic nitrogens is 3. The average Bonchev–Trinajstić information content (AvgIpc) is 2.97. The van der Waals surface area contributed by atoms with E-state index in [9.17, 15) is 4.79 Å². The molecule has 3 rings (SSSR count). The number of hydrogen-bond acceptors (Lipinski definition) is 5. The van der Waals surface area contributed by atoms with Gasteiger partial charge in [0.2, 0.25) is 5.65 Å². The monoisotopic (exact) mass is 313 g/mol. The Morgan fingerprint density at radius 3 is 2.83 bits per heavy atom. The van der Waals surface area contributed by atoms with Crippen molar-refractivity contribution in [1.82, 2.24) is 14.4 Å². The zero-order chi connectivity index (χ0) is 16.4. The molecule has 2 aromatic heterocycles. The van der Waals surface area contributed by atoms with Gasteiger partial charge in [0.05, 0.1) is 19.9 Å². The van der Waals surface area contributed by atoms with Gasteiger partial charge in [-0.2, -0.15) is 0 Å². The maximum Gasteiger partial charge on any atom is 0.316 e. The van der Waals surface area contributed by atoms with E-state index in [4.69, 9.17) is 15.2 Å². The zero-order valence-electron chi connectivity index (χ0n) is 12.6. The molecule has 3 aromatic rings. The van der Waals surface area contributed by atoms with Crippen molar-refractivity contribution >= 4 is 17.4 Å². The molecule has 118 valence electrons. The van der Waals surface area contributed by atoms with Crippen LogP contribution in [0.2, 0.25) is 0 Å². The summed E-state index contributed by atoms with van der Waals surface area (Å²) in [4.78, 5) is 19.6. The van der Waals surface area contributed by atoms with Crippen molar-refractivity contribution in [2.24, 2.45) is 5.73 Å². The number of carbonyl (C=O) groups excluding carboxylic acids is 1. The first kappa shape index (κ1) is 14.6. The Labute approximate surface area is 131 Å². The second-order valence-corrected chi connectivity index (χ2v) is 4.70. The maximum atomic E-state index is 10.9. The van der Waals surface area contributed by atoms with E-state index in [1.54, 1.807) is 44.8 Å². The van der Waals surface area contributed by atoms with Gasteiger partial charge in [-0.1, -0.05) is 0 Å². The van der Waals surface area contributed by atoms with Crippen molar-refractivity contribution in [1.29, 1.82) is 0 Å². The van der Waals surface area contributed by atoms with Gasteiger partial charge in [0.25, 0.3) is 5.88 Å². The van der Waals surface area contributed by atoms with Crippen LogP contribution in [0.3, 0.4) is 0 Å². The van der Waals surface area contributed by atoms with Crippen LogP contribution in [0.25, 0.3) is 16.9 Å². The number of fused-ring (bicyclic) bond motifs is 1. The second kappa shape index (κ2) is 5.84. The third kappa shape index (κ3) is 2.73. The van der Waals surface area contributed by atoms with Crippen molar-refractivity contribution in [3.8, 4) is 22.9 Å². The minimum Gasteiger partial charge on any atom is -0.496 e. The Balaban J connectivity index is 2.09. The molecule has 0 atom stereocenters. The summed E-state index contributed by atoms with van der Waals surface area (Å²) in [6.07, 6.45) is 5.26. The second-order valence-electron chi connectivity index (χ2n) is 4.70. The van der Waals surface area contributed by atoms with E-state index in [0.29, 0.717) is 28.7 Å². The number of hydrogen-bond donors (Lipinski definition) is 2. The van der Waals surface area contributed by atoms with Crippen LogP contribution in [0.1, 0.15) is 0 Å². The van der Waals surface area contributed by atoms with Crippen LogP contribution in [0.15, 0.2) is 36.8 Å². The molecule has 2 heterocycles. The molecule has 0 bridgehead atoms. The van der Waals surface area contributed by atoms with E-state index < -0.39 is 6.03 Å². The molecule has 0 saturated carbocycles. The van der Waals surface area contributed by atoms with Crippen molar-refractivity contribution in [2.75, 3.05) is 19.5 Å². The Morgan fingerprint density at radius 1 is 1.30 bits per heavy atom. The number of rotatable bonds is 4. The molecule has 0 radical (unpaired) electrons. The van der Waals surface area contributed by atoms with Gasteiger partial charge < -0.3 is 24.9 Å². The number of imidazole rings is 1. The van der Waals surface area contributed by atoms with Crippen molar-refractivity contribution in [3.05, 3.63) is 36.8 Å². The van der Waals surface area contributed by atoms with Crippen molar-refractivity contribution < 1.29 is 14.3 Å². The number of ether oxygens (including phenoxy) is 2. The molecule has 0 unspecified atom stereocenters. The van der Waals surface area contributed by atoms with Gasteiger partial charge in [0.1, 0.15) is 5.75 Å². The lowest BCUT2D eigenvalue weighted by Crippen LogP contribution is -2.19. The highest BCUT2D eigenvalue weighted by atomic mass is 16.5. The summed E-state index contributed by atoms with van der Waals surface area (Å²) in [6, 6.07) is 4.57. The fraction of sp³-hybridized carbons (Fsp3) is 0.133. The van der Waals surface area contributed by atoms with E-state index in [2.05, 4.69) is 15.3 Å². The van der Waals surface area contributed by atoms with E-state index in [-0.39, 0.29) is 0 Å². The van der Waals surface area contributed by atoms with Crippen LogP contribution in [-0.2, 0) is 0 Å². The highest BCUT2D eigenvalue weighted by Gasteiger charge is 2.14. The quantitative estimate of drug-likeness (QED) is 0.765. The maximum absolute atomic E-state index is 10.9. The van der Waals surface area contributed by atoms with Crippen molar-refractivity contribution in [2.45, 2.75) is 0 Å². The predicted octanol–water partition coefficient (Wildman–Crippen LogP) is 1.90. The smallest absolute Gasteiger partial charge is 0.316 e. The van der Waals surface area contributed by atoms with Crippen LogP contribution in [0.4, 0.5) is 10.5 Å². The summed E-state index contributed by atoms with van der Waals surface area (Å²) in [7, 11) is 3.09. The lowest BCUT2D eigenvalue weighted by atomic mass is 10.1. The zero-order valence-corrected chi connectivity index (χ0v) is 12.6. The Hall–Kier alpha value is -3.29. The summed E-state index contributed by atoms with van der Waals surface area (Å²) >= 11 is 0. The van der Waals surface area contributed by atoms with Crippen molar-refractivity contribution in [3.63, 3.8) is 0 Å². The highest BCUT2D eigenvalue weighted by Crippen LogP contribution is 2.32. The fourth-order valence-corrected chi connectivity index (χ4v) is 2.29. The third-order valence-corrected chi connectivity index (χ3v) is 3.28. The van der Waals surface area contributed by atoms with E-state index in [1.807, 2.05) is 10.6 Å². The van der Waals surface area contributed by atoms with Gasteiger partial charge in [-0.3, -0.25) is 0 Å². The predicted molar refractivity (Wildman–Crippen MR) is 84.7 cm³/mol. The molecule has 0 aliphatic rings. The molecule has 0 fully saturated rings. The number of anilines is 1. The number of benzene rings is 1. The molecule has 8 heteroatoms. The molecule has 1 aromatic carbocycles. The summed E-state index contributed by atoms with van der Waals surface area (Å²) in [5.41, 5.74) is 7.73. The number of nitrogens with two attached hydrogens (primary N) is 1. The third-order valence-electron chi connectivity index (χ3n) is 3.28. The van der Waals surface area contributed by atoms with E-state index in [0.717, 1.165) is 5.56 Å². The Morgan fingerprint density at radius 2 is 2.13 bits per heavy atom. The Bertz CT molecular complexity index is 875. The summed E-state index contributed by atoms with van der Waals surface area (Å²) in [5.74, 6) is 0.997. The molecule has 0 aliphatic heterocycles. The fourth-order valence-electron chi connectivity index (χ4n) is 2.29. The molecule has 0 saturated heterocycles. The minimum atomic E-state index is -0.636. The molecule has 0 spiro atoms. The number of methoxy groups -OCH3 is 2. The molecule has 8 nitrogen and oxygen atoms in total. The number of urea groups is 1. The van der Waals surface area contributed by atoms with Gasteiger partial charge in [-0.25, -0.2) is 14.8 Å². The lowest BCUT2D eigenvalue weighted by Gasteiger charge is -2.09. The standard InChI is InChI=1S/C15H15N5O3/c1-22-12-7-9(18-15(16)21)3-4-10(12)11-8-20-6-5-17-14(23-2)13(20)19-11/h3-8H,1-2H3,(H3,16,18,21). The number of carbonyl (C=O) groups is 1. The van der Waals surface area contributed by atoms with Crippen LogP contribution < -0.4 is 20.5 Å². The molecule has 23 heavy (non-hydrogen) atoms. The first-order valence-corrected chi connectivity index (χ1v) is 6.75. The SMILES string of the molecule is COc1cc(NC(N)=O)ccc1-c1cn2ccnc(OC)c2n1. The van der Waals surface area contributed by atoms with E-state index >= 15 is 0 Å². The first-order valence-electron chi connectivity index (χ1n) is 6.75. The van der Waals surface area contributed by atoms with Gasteiger partial charge in [0.15, 0.2) is 0 Å². The number of primary amides is 1. The average molecular weight is 313 g/mol. The number of nitrogens with zero attached hydrogens (tertiary/aromatic N) is 3. The summed E-state index contributed by atoms with van der Waals surface area (Å²) in [6.45, 7) is 0. The Kier molecular flexibility index (Phi) is 3.71. The highest BCUT2D eigenvalue weighted by molar-refractivity contribution is 5.89. The minimum absolute atomic E-state index is 0.435. The molecular weight excluding hydrogens is 298 g/mol. The van der Waals surface area contributed by atoms with Gasteiger partial charge in [0, 0.05) is 35.9 Å². The summed E-state index contributed by atoms with van der Waals surface area (Å²) in [5, 5.41) is 2.51. The van der Waals surface area contributed by atoms with E-state index in [1.165, 1.54) is 0 Å². The van der Waals surface area contributed by atoms with Gasteiger partial charge in [-0.05, 0) is 12.1 Å². The van der Waals surface area contributed by atoms with Gasteiger partial charge in [-0.15, -0.1) is 0 Å². The van der Waals surface area contributed by atoms with Crippen LogP contribution in [-0.4, -0.2) is 34.6 Å². The van der Waals surface area contributed by atoms with Crippen LogP contribution in [0.5, 0.6) is 11.6 Å². The number of nitrogens with one attached hydrogen (secondary N) is 1.